The fourth-order valence-corrected chi connectivity index (χ4v) is 1.97. The first-order chi connectivity index (χ1) is 8.15. The van der Waals surface area contributed by atoms with Gasteiger partial charge in [-0.15, -0.1) is 0 Å². The highest BCUT2D eigenvalue weighted by Gasteiger charge is 2.11. The van der Waals surface area contributed by atoms with Gasteiger partial charge in [0.15, 0.2) is 0 Å². The lowest BCUT2D eigenvalue weighted by molar-refractivity contribution is 0.163. The monoisotopic (exact) mass is 236 g/mol. The summed E-state index contributed by atoms with van der Waals surface area (Å²) >= 11 is 0. The molecule has 0 aliphatic heterocycles. The summed E-state index contributed by atoms with van der Waals surface area (Å²) in [6, 6.07) is 1.93. The number of nitrogens with zero attached hydrogens (tertiary/aromatic N) is 1. The molecule has 0 amide bonds. The highest BCUT2D eigenvalue weighted by molar-refractivity contribution is 5.42. The van der Waals surface area contributed by atoms with Crippen LogP contribution < -0.4 is 5.73 Å². The molecule has 1 heterocycles. The molecule has 1 rings (SSSR count). The summed E-state index contributed by atoms with van der Waals surface area (Å²) in [5, 5.41) is 10.1. The summed E-state index contributed by atoms with van der Waals surface area (Å²) in [5.41, 5.74) is 7.59. The van der Waals surface area contributed by atoms with E-state index < -0.39 is 6.10 Å². The molecule has 1 aromatic heterocycles. The SMILES string of the molecule is CCCCCCCC(O)c1cc(C)cnc1N. The van der Waals surface area contributed by atoms with Gasteiger partial charge in [-0.25, -0.2) is 4.98 Å². The predicted octanol–water partition coefficient (Wildman–Crippen LogP) is 3.37. The van der Waals surface area contributed by atoms with E-state index in [2.05, 4.69) is 11.9 Å². The number of nitrogens with two attached hydrogens (primary N) is 1. The minimum atomic E-state index is -0.468. The third-order valence-corrected chi connectivity index (χ3v) is 3.03. The quantitative estimate of drug-likeness (QED) is 0.714. The maximum absolute atomic E-state index is 10.1. The largest absolute Gasteiger partial charge is 0.388 e. The lowest BCUT2D eigenvalue weighted by Crippen LogP contribution is -2.04. The molecule has 0 bridgehead atoms. The molecule has 1 atom stereocenters. The maximum Gasteiger partial charge on any atom is 0.129 e. The Labute approximate surface area is 104 Å². The number of aryl methyl sites for hydroxylation is 1. The molecule has 3 heteroatoms. The molecule has 0 aromatic carbocycles. The van der Waals surface area contributed by atoms with E-state index in [1.165, 1.54) is 25.7 Å². The van der Waals surface area contributed by atoms with Gasteiger partial charge < -0.3 is 10.8 Å². The zero-order valence-electron chi connectivity index (χ0n) is 10.9. The molecule has 0 saturated carbocycles. The average Bonchev–Trinajstić information content (AvgIpc) is 2.32. The van der Waals surface area contributed by atoms with Crippen molar-refractivity contribution < 1.29 is 5.11 Å². The molecule has 1 aromatic rings. The van der Waals surface area contributed by atoms with Gasteiger partial charge in [0.2, 0.25) is 0 Å². The zero-order valence-corrected chi connectivity index (χ0v) is 10.9. The van der Waals surface area contributed by atoms with Crippen LogP contribution >= 0.6 is 0 Å². The number of hydrogen-bond acceptors (Lipinski definition) is 3. The van der Waals surface area contributed by atoms with E-state index in [0.717, 1.165) is 24.0 Å². The first-order valence-corrected chi connectivity index (χ1v) is 6.55. The highest BCUT2D eigenvalue weighted by Crippen LogP contribution is 2.24. The van der Waals surface area contributed by atoms with Crippen molar-refractivity contribution >= 4 is 5.82 Å². The van der Waals surface area contributed by atoms with E-state index in [1.807, 2.05) is 13.0 Å². The number of unbranched alkanes of at least 4 members (excludes halogenated alkanes) is 4. The number of pyridine rings is 1. The van der Waals surface area contributed by atoms with Crippen LogP contribution in [0.1, 0.15) is 62.7 Å². The highest BCUT2D eigenvalue weighted by atomic mass is 16.3. The summed E-state index contributed by atoms with van der Waals surface area (Å²) in [7, 11) is 0. The topological polar surface area (TPSA) is 59.1 Å². The van der Waals surface area contributed by atoms with Gasteiger partial charge in [-0.05, 0) is 25.0 Å². The van der Waals surface area contributed by atoms with Crippen molar-refractivity contribution in [2.75, 3.05) is 5.73 Å². The summed E-state index contributed by atoms with van der Waals surface area (Å²) in [6.07, 6.45) is 8.06. The number of hydrogen-bond donors (Lipinski definition) is 2. The standard InChI is InChI=1S/C14H24N2O/c1-3-4-5-6-7-8-13(17)12-9-11(2)10-16-14(12)15/h9-10,13,17H,3-8H2,1-2H3,(H2,15,16). The van der Waals surface area contributed by atoms with E-state index in [9.17, 15) is 5.11 Å². The lowest BCUT2D eigenvalue weighted by Gasteiger charge is -2.13. The average molecular weight is 236 g/mol. The zero-order chi connectivity index (χ0) is 12.7. The van der Waals surface area contributed by atoms with Gasteiger partial charge in [-0.1, -0.05) is 39.0 Å². The summed E-state index contributed by atoms with van der Waals surface area (Å²) in [5.74, 6) is 0.455. The molecular weight excluding hydrogens is 212 g/mol. The Morgan fingerprint density at radius 2 is 2.00 bits per heavy atom. The van der Waals surface area contributed by atoms with Gasteiger partial charge in [0.1, 0.15) is 5.82 Å². The Bertz CT molecular complexity index is 339. The number of aromatic nitrogens is 1. The molecule has 0 saturated heterocycles. The number of nitrogen functional groups attached to an aromatic ring is 1. The Kier molecular flexibility index (Phi) is 5.98. The number of aliphatic hydroxyl groups is 1. The summed E-state index contributed by atoms with van der Waals surface area (Å²) < 4.78 is 0. The molecular formula is C14H24N2O. The van der Waals surface area contributed by atoms with Crippen LogP contribution in [0.4, 0.5) is 5.82 Å². The van der Waals surface area contributed by atoms with Crippen LogP contribution in [0, 0.1) is 6.92 Å². The third-order valence-electron chi connectivity index (χ3n) is 3.03. The smallest absolute Gasteiger partial charge is 0.129 e. The van der Waals surface area contributed by atoms with Gasteiger partial charge in [0.05, 0.1) is 6.10 Å². The van der Waals surface area contributed by atoms with Gasteiger partial charge in [-0.3, -0.25) is 0 Å². The molecule has 1 unspecified atom stereocenters. The summed E-state index contributed by atoms with van der Waals surface area (Å²) in [6.45, 7) is 4.16. The van der Waals surface area contributed by atoms with Crippen LogP contribution in [0.25, 0.3) is 0 Å². The molecule has 3 N–H and O–H groups in total. The Morgan fingerprint density at radius 3 is 2.71 bits per heavy atom. The first kappa shape index (κ1) is 14.0. The van der Waals surface area contributed by atoms with Crippen LogP contribution in [-0.4, -0.2) is 10.1 Å². The molecule has 0 aliphatic carbocycles. The van der Waals surface area contributed by atoms with Crippen molar-refractivity contribution in [1.82, 2.24) is 4.98 Å². The fourth-order valence-electron chi connectivity index (χ4n) is 1.97. The van der Waals surface area contributed by atoms with Gasteiger partial charge in [0, 0.05) is 11.8 Å². The predicted molar refractivity (Wildman–Crippen MR) is 71.7 cm³/mol. The minimum Gasteiger partial charge on any atom is -0.388 e. The molecule has 96 valence electrons. The maximum atomic E-state index is 10.1. The van der Waals surface area contributed by atoms with E-state index in [0.29, 0.717) is 5.82 Å². The molecule has 0 radical (unpaired) electrons. The van der Waals surface area contributed by atoms with Crippen LogP contribution in [-0.2, 0) is 0 Å². The molecule has 3 nitrogen and oxygen atoms in total. The minimum absolute atomic E-state index is 0.455. The van der Waals surface area contributed by atoms with Crippen LogP contribution in [0.3, 0.4) is 0 Å². The van der Waals surface area contributed by atoms with Crippen LogP contribution in [0.5, 0.6) is 0 Å². The Balaban J connectivity index is 2.41. The van der Waals surface area contributed by atoms with Crippen molar-refractivity contribution in [3.05, 3.63) is 23.4 Å². The molecule has 0 fully saturated rings. The summed E-state index contributed by atoms with van der Waals surface area (Å²) in [4.78, 5) is 4.08. The van der Waals surface area contributed by atoms with E-state index >= 15 is 0 Å². The molecule has 0 spiro atoms. The second-order valence-corrected chi connectivity index (χ2v) is 4.71. The van der Waals surface area contributed by atoms with Crippen molar-refractivity contribution in [3.8, 4) is 0 Å². The van der Waals surface area contributed by atoms with Crippen molar-refractivity contribution in [2.24, 2.45) is 0 Å². The van der Waals surface area contributed by atoms with E-state index in [4.69, 9.17) is 5.73 Å². The van der Waals surface area contributed by atoms with Gasteiger partial charge >= 0.3 is 0 Å². The normalized spacial score (nSPS) is 12.6. The molecule has 0 aliphatic rings. The third kappa shape index (κ3) is 4.73. The fraction of sp³-hybridized carbons (Fsp3) is 0.643. The second kappa shape index (κ2) is 7.28. The first-order valence-electron chi connectivity index (χ1n) is 6.55. The Hall–Kier alpha value is -1.09. The van der Waals surface area contributed by atoms with Crippen LogP contribution in [0.15, 0.2) is 12.3 Å². The van der Waals surface area contributed by atoms with Gasteiger partial charge in [0.25, 0.3) is 0 Å². The number of rotatable bonds is 7. The number of aliphatic hydroxyl groups excluding tert-OH is 1. The lowest BCUT2D eigenvalue weighted by atomic mass is 10.0. The van der Waals surface area contributed by atoms with Crippen LogP contribution in [0.2, 0.25) is 0 Å². The molecule has 17 heavy (non-hydrogen) atoms. The number of anilines is 1. The van der Waals surface area contributed by atoms with E-state index in [1.54, 1.807) is 6.20 Å². The van der Waals surface area contributed by atoms with Crippen molar-refractivity contribution in [2.45, 2.75) is 58.5 Å². The van der Waals surface area contributed by atoms with Crippen molar-refractivity contribution in [1.29, 1.82) is 0 Å². The van der Waals surface area contributed by atoms with Gasteiger partial charge in [-0.2, -0.15) is 0 Å². The van der Waals surface area contributed by atoms with E-state index in [-0.39, 0.29) is 0 Å². The Morgan fingerprint density at radius 1 is 1.29 bits per heavy atom. The van der Waals surface area contributed by atoms with Crippen molar-refractivity contribution in [3.63, 3.8) is 0 Å². The second-order valence-electron chi connectivity index (χ2n) is 4.71.